The maximum absolute atomic E-state index is 13.3. The van der Waals surface area contributed by atoms with Gasteiger partial charge in [-0.3, -0.25) is 4.98 Å². The Labute approximate surface area is 150 Å². The van der Waals surface area contributed by atoms with E-state index < -0.39 is 46.5 Å². The van der Waals surface area contributed by atoms with E-state index in [1.165, 1.54) is 14.1 Å². The molecule has 0 aliphatic carbocycles. The molecule has 26 heavy (non-hydrogen) atoms. The zero-order valence-electron chi connectivity index (χ0n) is 14.8. The van der Waals surface area contributed by atoms with Crippen LogP contribution < -0.4 is 5.32 Å². The van der Waals surface area contributed by atoms with Crippen LogP contribution in [0.2, 0.25) is 0 Å². The Morgan fingerprint density at radius 1 is 1.31 bits per heavy atom. The van der Waals surface area contributed by atoms with Gasteiger partial charge in [-0.05, 0) is 25.5 Å². The average molecular weight is 394 g/mol. The first-order valence-corrected chi connectivity index (χ1v) is 9.32. The van der Waals surface area contributed by atoms with Crippen molar-refractivity contribution in [2.24, 2.45) is 5.92 Å². The van der Waals surface area contributed by atoms with Gasteiger partial charge in [0, 0.05) is 33.4 Å². The summed E-state index contributed by atoms with van der Waals surface area (Å²) in [5, 5.41) is 0.806. The number of pyridine rings is 1. The maximum atomic E-state index is 13.3. The molecule has 0 spiro atoms. The molecule has 0 radical (unpaired) electrons. The van der Waals surface area contributed by atoms with Crippen LogP contribution in [0.3, 0.4) is 0 Å². The molecule has 1 aliphatic rings. The number of amides is 2. The summed E-state index contributed by atoms with van der Waals surface area (Å²) in [5.41, 5.74) is 1.62. The van der Waals surface area contributed by atoms with Gasteiger partial charge in [0.2, 0.25) is 10.0 Å². The Morgan fingerprint density at radius 3 is 2.42 bits per heavy atom. The van der Waals surface area contributed by atoms with E-state index in [0.717, 1.165) is 9.21 Å². The number of hydrogen-bond donors (Lipinski definition) is 1. The number of carbonyl (C=O) groups is 1. The van der Waals surface area contributed by atoms with E-state index in [1.807, 2.05) is 0 Å². The Balaban J connectivity index is 2.27. The highest BCUT2D eigenvalue weighted by atomic mass is 32.2. The summed E-state index contributed by atoms with van der Waals surface area (Å²) in [5.74, 6) is -2.14. The van der Waals surface area contributed by atoms with Crippen molar-refractivity contribution in [1.29, 1.82) is 0 Å². The summed E-state index contributed by atoms with van der Waals surface area (Å²) in [6, 6.07) is 0.875. The Kier molecular flexibility index (Phi) is 5.52. The molecular weight excluding hydrogens is 373 g/mol. The SMILES string of the molecule is Cc1ccnc(C)c1NC(=O)N1C[C@@H](C(F)(F)F)[C@H](S(=O)(=O)N(C)C)C1. The number of likely N-dealkylation sites (tertiary alicyclic amines) is 1. The molecule has 7 nitrogen and oxygen atoms in total. The van der Waals surface area contributed by atoms with Gasteiger partial charge in [0.05, 0.1) is 17.3 Å². The van der Waals surface area contributed by atoms with Crippen molar-refractivity contribution >= 4 is 21.7 Å². The van der Waals surface area contributed by atoms with E-state index >= 15 is 0 Å². The summed E-state index contributed by atoms with van der Waals surface area (Å²) in [7, 11) is -1.84. The van der Waals surface area contributed by atoms with Gasteiger partial charge in [-0.25, -0.2) is 17.5 Å². The molecule has 0 unspecified atom stereocenters. The van der Waals surface area contributed by atoms with Crippen LogP contribution in [0, 0.1) is 19.8 Å². The predicted octanol–water partition coefficient (Wildman–Crippen LogP) is 1.98. The van der Waals surface area contributed by atoms with E-state index in [1.54, 1.807) is 26.1 Å². The highest BCUT2D eigenvalue weighted by Crippen LogP contribution is 2.38. The van der Waals surface area contributed by atoms with E-state index in [2.05, 4.69) is 10.3 Å². The van der Waals surface area contributed by atoms with Crippen LogP contribution in [0.25, 0.3) is 0 Å². The van der Waals surface area contributed by atoms with Crippen molar-refractivity contribution in [3.63, 3.8) is 0 Å². The second kappa shape index (κ2) is 7.03. The number of sulfonamides is 1. The number of hydrogen-bond acceptors (Lipinski definition) is 4. The minimum atomic E-state index is -4.73. The second-order valence-corrected chi connectivity index (χ2v) is 8.80. The van der Waals surface area contributed by atoms with E-state index in [0.29, 0.717) is 16.9 Å². The van der Waals surface area contributed by atoms with Crippen LogP contribution in [0.5, 0.6) is 0 Å². The van der Waals surface area contributed by atoms with Crippen LogP contribution in [0.1, 0.15) is 11.3 Å². The third-order valence-corrected chi connectivity index (χ3v) is 6.71. The maximum Gasteiger partial charge on any atom is 0.394 e. The topological polar surface area (TPSA) is 82.6 Å². The molecular formula is C15H21F3N4O3S. The molecule has 1 saturated heterocycles. The quantitative estimate of drug-likeness (QED) is 0.850. The van der Waals surface area contributed by atoms with E-state index in [9.17, 15) is 26.4 Å². The lowest BCUT2D eigenvalue weighted by Crippen LogP contribution is -2.43. The summed E-state index contributed by atoms with van der Waals surface area (Å²) < 4.78 is 65.4. The fraction of sp³-hybridized carbons (Fsp3) is 0.600. The molecule has 1 N–H and O–H groups in total. The monoisotopic (exact) mass is 394 g/mol. The molecule has 2 atom stereocenters. The summed E-state index contributed by atoms with van der Waals surface area (Å²) in [6.45, 7) is 2.14. The molecule has 2 amide bonds. The number of nitrogens with zero attached hydrogens (tertiary/aromatic N) is 3. The summed E-state index contributed by atoms with van der Waals surface area (Å²) in [6.07, 6.45) is -3.18. The van der Waals surface area contributed by atoms with Crippen LogP contribution in [0.15, 0.2) is 12.3 Å². The number of carbonyl (C=O) groups excluding carboxylic acids is 1. The van der Waals surface area contributed by atoms with Crippen molar-refractivity contribution in [3.05, 3.63) is 23.5 Å². The smallest absolute Gasteiger partial charge is 0.322 e. The first kappa shape index (κ1) is 20.4. The van der Waals surface area contributed by atoms with Crippen molar-refractivity contribution in [1.82, 2.24) is 14.2 Å². The van der Waals surface area contributed by atoms with Gasteiger partial charge in [0.25, 0.3) is 0 Å². The Hall–Kier alpha value is -1.88. The number of rotatable bonds is 3. The number of nitrogens with one attached hydrogen (secondary N) is 1. The number of halogens is 3. The number of alkyl halides is 3. The molecule has 11 heteroatoms. The first-order valence-electron chi connectivity index (χ1n) is 7.82. The molecule has 2 rings (SSSR count). The molecule has 2 heterocycles. The van der Waals surface area contributed by atoms with Crippen LogP contribution in [-0.2, 0) is 10.0 Å². The fourth-order valence-electron chi connectivity index (χ4n) is 2.90. The Morgan fingerprint density at radius 2 is 1.92 bits per heavy atom. The molecule has 1 fully saturated rings. The molecule has 1 aliphatic heterocycles. The van der Waals surface area contributed by atoms with Crippen molar-refractivity contribution < 1.29 is 26.4 Å². The largest absolute Gasteiger partial charge is 0.394 e. The zero-order chi connectivity index (χ0) is 19.9. The van der Waals surface area contributed by atoms with Gasteiger partial charge in [-0.15, -0.1) is 0 Å². The average Bonchev–Trinajstić information content (AvgIpc) is 2.97. The number of aromatic nitrogens is 1. The van der Waals surface area contributed by atoms with Gasteiger partial charge < -0.3 is 10.2 Å². The van der Waals surface area contributed by atoms with E-state index in [-0.39, 0.29) is 0 Å². The molecule has 0 saturated carbocycles. The lowest BCUT2D eigenvalue weighted by molar-refractivity contribution is -0.169. The Bertz CT molecular complexity index is 776. The molecule has 1 aromatic heterocycles. The van der Waals surface area contributed by atoms with Gasteiger partial charge in [-0.2, -0.15) is 13.2 Å². The van der Waals surface area contributed by atoms with E-state index in [4.69, 9.17) is 0 Å². The van der Waals surface area contributed by atoms with Gasteiger partial charge in [0.15, 0.2) is 0 Å². The molecule has 0 aromatic carbocycles. The molecule has 1 aromatic rings. The van der Waals surface area contributed by atoms with Crippen LogP contribution in [0.4, 0.5) is 23.7 Å². The summed E-state index contributed by atoms with van der Waals surface area (Å²) >= 11 is 0. The third-order valence-electron chi connectivity index (χ3n) is 4.45. The van der Waals surface area contributed by atoms with Gasteiger partial charge in [0.1, 0.15) is 5.25 Å². The van der Waals surface area contributed by atoms with Gasteiger partial charge >= 0.3 is 12.2 Å². The predicted molar refractivity (Wildman–Crippen MR) is 90.2 cm³/mol. The van der Waals surface area contributed by atoms with Gasteiger partial charge in [-0.1, -0.05) is 0 Å². The number of aryl methyl sites for hydroxylation is 2. The molecule has 146 valence electrons. The van der Waals surface area contributed by atoms with Crippen LogP contribution in [-0.4, -0.2) is 67.2 Å². The first-order chi connectivity index (χ1) is 11.9. The third kappa shape index (κ3) is 3.93. The normalized spacial score (nSPS) is 21.3. The number of urea groups is 1. The lowest BCUT2D eigenvalue weighted by atomic mass is 10.1. The lowest BCUT2D eigenvalue weighted by Gasteiger charge is -2.23. The standard InChI is InChI=1S/C15H21F3N4O3S/c1-9-5-6-19-10(2)13(9)20-14(23)22-7-11(15(16,17)18)12(8-22)26(24,25)21(3)4/h5-6,11-12H,7-8H2,1-4H3,(H,20,23)/t11-,12-/m1/s1. The zero-order valence-corrected chi connectivity index (χ0v) is 15.6. The van der Waals surface area contributed by atoms with Crippen molar-refractivity contribution in [2.45, 2.75) is 25.3 Å². The minimum Gasteiger partial charge on any atom is -0.322 e. The highest BCUT2D eigenvalue weighted by molar-refractivity contribution is 7.89. The molecule has 0 bridgehead atoms. The summed E-state index contributed by atoms with van der Waals surface area (Å²) in [4.78, 5) is 17.4. The fourth-order valence-corrected chi connectivity index (χ4v) is 4.46. The number of anilines is 1. The van der Waals surface area contributed by atoms with Crippen molar-refractivity contribution in [3.8, 4) is 0 Å². The second-order valence-electron chi connectivity index (χ2n) is 6.44. The minimum absolute atomic E-state index is 0.403. The highest BCUT2D eigenvalue weighted by Gasteiger charge is 2.56. The van der Waals surface area contributed by atoms with Crippen molar-refractivity contribution in [2.75, 3.05) is 32.5 Å². The van der Waals surface area contributed by atoms with Crippen LogP contribution >= 0.6 is 0 Å².